The Hall–Kier alpha value is 0.200. The second kappa shape index (κ2) is 4.44. The summed E-state index contributed by atoms with van der Waals surface area (Å²) < 4.78 is 19.9. The number of nitrogens with one attached hydrogen (secondary N) is 1. The van der Waals surface area contributed by atoms with Gasteiger partial charge in [-0.2, -0.15) is 0 Å². The average Bonchev–Trinajstić information content (AvgIpc) is 1.85. The van der Waals surface area contributed by atoms with Gasteiger partial charge in [-0.1, -0.05) is 0 Å². The van der Waals surface area contributed by atoms with Crippen molar-refractivity contribution in [1.29, 1.82) is 0 Å². The molecule has 0 heterocycles. The molecule has 74 valence electrons. The lowest BCUT2D eigenvalue weighted by atomic mass is 9.90. The van der Waals surface area contributed by atoms with Gasteiger partial charge in [-0.25, -0.2) is 4.72 Å². The first-order valence-electron chi connectivity index (χ1n) is 3.93. The minimum absolute atomic E-state index is 0.154. The maximum Gasteiger partial charge on any atom is 0.131 e. The fourth-order valence-corrected chi connectivity index (χ4v) is 1.56. The number of rotatable bonds is 5. The van der Waals surface area contributed by atoms with Crippen molar-refractivity contribution in [2.24, 2.45) is 0 Å². The maximum atomic E-state index is 11.9. The Kier molecular flexibility index (Phi) is 4.51. The molecule has 0 bridgehead atoms. The third-order valence-corrected chi connectivity index (χ3v) is 2.36. The molecule has 4 heteroatoms. The first kappa shape index (κ1) is 12.2. The van der Waals surface area contributed by atoms with Gasteiger partial charge >= 0.3 is 0 Å². The summed E-state index contributed by atoms with van der Waals surface area (Å²) in [6.45, 7) is 7.86. The fourth-order valence-electron chi connectivity index (χ4n) is 1.28. The number of ether oxygens (including phenoxy) is 1. The highest BCUT2D eigenvalue weighted by molar-refractivity contribution is 7.92. The van der Waals surface area contributed by atoms with Crippen LogP contribution in [0.3, 0.4) is 0 Å². The Morgan fingerprint density at radius 2 is 1.83 bits per heavy atom. The van der Waals surface area contributed by atoms with Crippen LogP contribution in [-0.2, 0) is 4.74 Å². The van der Waals surface area contributed by atoms with Crippen LogP contribution in [0.4, 0.5) is 3.89 Å². The molecule has 1 N–H and O–H groups in total. The molecule has 0 aromatic heterocycles. The van der Waals surface area contributed by atoms with Gasteiger partial charge in [0.2, 0.25) is 0 Å². The largest absolute Gasteiger partial charge is 0.379 e. The predicted molar refractivity (Wildman–Crippen MR) is 51.6 cm³/mol. The normalized spacial score (nSPS) is 13.5. The van der Waals surface area contributed by atoms with Crippen molar-refractivity contribution in [3.63, 3.8) is 0 Å². The second-order valence-electron chi connectivity index (χ2n) is 4.20. The van der Waals surface area contributed by atoms with Crippen LogP contribution < -0.4 is 4.72 Å². The molecule has 12 heavy (non-hydrogen) atoms. The van der Waals surface area contributed by atoms with Crippen LogP contribution in [0.5, 0.6) is 0 Å². The maximum absolute atomic E-state index is 11.9. The van der Waals surface area contributed by atoms with Gasteiger partial charge in [-0.3, -0.25) is 0 Å². The van der Waals surface area contributed by atoms with Crippen LogP contribution in [0.1, 0.15) is 34.1 Å². The molecule has 0 saturated heterocycles. The van der Waals surface area contributed by atoms with E-state index in [4.69, 9.17) is 4.74 Å². The lowest BCUT2D eigenvalue weighted by Gasteiger charge is -2.33. The summed E-state index contributed by atoms with van der Waals surface area (Å²) in [5, 5.41) is 0. The van der Waals surface area contributed by atoms with E-state index in [1.807, 2.05) is 27.7 Å². The molecular weight excluding hydrogens is 177 g/mol. The van der Waals surface area contributed by atoms with Crippen LogP contribution in [0.15, 0.2) is 0 Å². The minimum Gasteiger partial charge on any atom is -0.379 e. The minimum atomic E-state index is -0.251. The van der Waals surface area contributed by atoms with Gasteiger partial charge in [0.1, 0.15) is 12.3 Å². The van der Waals surface area contributed by atoms with E-state index in [1.165, 1.54) is 0 Å². The van der Waals surface area contributed by atoms with Gasteiger partial charge in [-0.15, -0.1) is 3.89 Å². The van der Waals surface area contributed by atoms with Crippen molar-refractivity contribution < 1.29 is 8.62 Å². The SMILES string of the molecule is COC(C)(C)CC(C)(C)NSF. The van der Waals surface area contributed by atoms with Crippen LogP contribution in [-0.4, -0.2) is 18.2 Å². The topological polar surface area (TPSA) is 21.3 Å². The Balaban J connectivity index is 4.04. The van der Waals surface area contributed by atoms with Gasteiger partial charge in [0, 0.05) is 12.6 Å². The van der Waals surface area contributed by atoms with Gasteiger partial charge in [0.05, 0.1) is 5.60 Å². The Morgan fingerprint density at radius 1 is 1.33 bits per heavy atom. The fraction of sp³-hybridized carbons (Fsp3) is 1.00. The zero-order chi connectivity index (χ0) is 9.83. The van der Waals surface area contributed by atoms with Crippen molar-refractivity contribution in [3.05, 3.63) is 0 Å². The summed E-state index contributed by atoms with van der Waals surface area (Å²) in [6.07, 6.45) is 0.757. The highest BCUT2D eigenvalue weighted by atomic mass is 32.2. The molecule has 0 aliphatic carbocycles. The van der Waals surface area contributed by atoms with Crippen LogP contribution in [0, 0.1) is 0 Å². The third kappa shape index (κ3) is 4.95. The second-order valence-corrected chi connectivity index (χ2v) is 4.56. The summed E-state index contributed by atoms with van der Waals surface area (Å²) in [5.74, 6) is 0. The summed E-state index contributed by atoms with van der Waals surface area (Å²) in [7, 11) is 1.67. The van der Waals surface area contributed by atoms with Gasteiger partial charge in [0.15, 0.2) is 0 Å². The molecule has 0 aromatic carbocycles. The lowest BCUT2D eigenvalue weighted by Crippen LogP contribution is -2.42. The standard InChI is InChI=1S/C8H18FNOS/c1-7(2,10-12-9)6-8(3,4)11-5/h10H,6H2,1-5H3. The van der Waals surface area contributed by atoms with Crippen molar-refractivity contribution in [1.82, 2.24) is 4.72 Å². The van der Waals surface area contributed by atoms with E-state index in [9.17, 15) is 3.89 Å². The molecule has 0 aliphatic heterocycles. The summed E-state index contributed by atoms with van der Waals surface area (Å²) in [4.78, 5) is 0. The molecule has 0 aliphatic rings. The van der Waals surface area contributed by atoms with Crippen LogP contribution in [0.2, 0.25) is 0 Å². The molecule has 0 unspecified atom stereocenters. The van der Waals surface area contributed by atoms with Crippen LogP contribution in [0.25, 0.3) is 0 Å². The average molecular weight is 195 g/mol. The molecule has 0 saturated carbocycles. The Bertz CT molecular complexity index is 139. The van der Waals surface area contributed by atoms with Gasteiger partial charge < -0.3 is 4.74 Å². The van der Waals surface area contributed by atoms with Crippen molar-refractivity contribution in [3.8, 4) is 0 Å². The van der Waals surface area contributed by atoms with Gasteiger partial charge in [0.25, 0.3) is 0 Å². The highest BCUT2D eigenvalue weighted by Crippen LogP contribution is 2.24. The van der Waals surface area contributed by atoms with Gasteiger partial charge in [-0.05, 0) is 34.1 Å². The Labute approximate surface area is 78.7 Å². The first-order valence-corrected chi connectivity index (χ1v) is 4.64. The quantitative estimate of drug-likeness (QED) is 0.681. The number of hydrogen-bond acceptors (Lipinski definition) is 3. The van der Waals surface area contributed by atoms with E-state index in [0.29, 0.717) is 0 Å². The van der Waals surface area contributed by atoms with E-state index in [1.54, 1.807) is 7.11 Å². The number of methoxy groups -OCH3 is 1. The molecule has 0 spiro atoms. The number of hydrogen-bond donors (Lipinski definition) is 1. The summed E-state index contributed by atoms with van der Waals surface area (Å²) >= 11 is 0.154. The predicted octanol–water partition coefficient (Wildman–Crippen LogP) is 2.70. The molecule has 0 amide bonds. The molecule has 0 aromatic rings. The van der Waals surface area contributed by atoms with Crippen LogP contribution >= 0.6 is 12.3 Å². The van der Waals surface area contributed by atoms with E-state index in [2.05, 4.69) is 4.72 Å². The first-order chi connectivity index (χ1) is 5.33. The van der Waals surface area contributed by atoms with E-state index in [0.717, 1.165) is 6.42 Å². The van der Waals surface area contributed by atoms with Crippen molar-refractivity contribution in [2.75, 3.05) is 7.11 Å². The number of halogens is 1. The molecule has 0 rings (SSSR count). The third-order valence-electron chi connectivity index (χ3n) is 1.74. The van der Waals surface area contributed by atoms with Crippen molar-refractivity contribution in [2.45, 2.75) is 45.3 Å². The summed E-state index contributed by atoms with van der Waals surface area (Å²) in [6, 6.07) is 0. The smallest absolute Gasteiger partial charge is 0.131 e. The highest BCUT2D eigenvalue weighted by Gasteiger charge is 2.28. The zero-order valence-electron chi connectivity index (χ0n) is 8.40. The molecule has 0 radical (unpaired) electrons. The molecule has 2 nitrogen and oxygen atoms in total. The molecule has 0 fully saturated rings. The summed E-state index contributed by atoms with van der Waals surface area (Å²) in [5.41, 5.74) is -0.467. The monoisotopic (exact) mass is 195 g/mol. The van der Waals surface area contributed by atoms with E-state index < -0.39 is 0 Å². The lowest BCUT2D eigenvalue weighted by molar-refractivity contribution is -0.000336. The van der Waals surface area contributed by atoms with E-state index >= 15 is 0 Å². The zero-order valence-corrected chi connectivity index (χ0v) is 9.22. The van der Waals surface area contributed by atoms with E-state index in [-0.39, 0.29) is 23.5 Å². The molecule has 0 atom stereocenters. The van der Waals surface area contributed by atoms with Crippen molar-refractivity contribution >= 4 is 12.3 Å². The Morgan fingerprint density at radius 3 is 2.17 bits per heavy atom. The molecular formula is C8H18FNOS.